The van der Waals surface area contributed by atoms with E-state index < -0.39 is 11.9 Å². The summed E-state index contributed by atoms with van der Waals surface area (Å²) in [5.41, 5.74) is 3.95. The average Bonchev–Trinajstić information content (AvgIpc) is 3.35. The molecule has 0 bridgehead atoms. The minimum atomic E-state index is -0.987. The third kappa shape index (κ3) is 3.54. The summed E-state index contributed by atoms with van der Waals surface area (Å²) in [5, 5.41) is 13.6. The molecule has 2 aromatic carbocycles. The Morgan fingerprint density at radius 1 is 0.964 bits per heavy atom. The maximum Gasteiger partial charge on any atom is 0.335 e. The van der Waals surface area contributed by atoms with Crippen molar-refractivity contribution in [1.29, 1.82) is 0 Å². The van der Waals surface area contributed by atoms with Crippen LogP contribution < -0.4 is 5.43 Å². The number of hydrogen-bond acceptors (Lipinski definition) is 5. The van der Waals surface area contributed by atoms with E-state index in [4.69, 9.17) is 13.9 Å². The molecule has 2 heterocycles. The molecule has 138 valence electrons. The third-order valence-electron chi connectivity index (χ3n) is 4.05. The lowest BCUT2D eigenvalue weighted by Gasteiger charge is -1.98. The molecule has 0 spiro atoms. The van der Waals surface area contributed by atoms with E-state index in [1.807, 2.05) is 18.2 Å². The van der Waals surface area contributed by atoms with Gasteiger partial charge in [-0.3, -0.25) is 4.79 Å². The number of aromatic carboxylic acids is 1. The number of hydrazone groups is 1. The van der Waals surface area contributed by atoms with Crippen LogP contribution in [0.2, 0.25) is 0 Å². The van der Waals surface area contributed by atoms with Crippen LogP contribution in [0.1, 0.15) is 26.7 Å². The van der Waals surface area contributed by atoms with E-state index in [1.54, 1.807) is 36.4 Å². The fourth-order valence-corrected chi connectivity index (χ4v) is 2.66. The molecule has 0 atom stereocenters. The number of para-hydroxylation sites is 1. The molecule has 1 amide bonds. The maximum absolute atomic E-state index is 12.1. The highest BCUT2D eigenvalue weighted by Gasteiger charge is 2.11. The van der Waals surface area contributed by atoms with Gasteiger partial charge in [-0.1, -0.05) is 30.3 Å². The van der Waals surface area contributed by atoms with Crippen LogP contribution in [0, 0.1) is 0 Å². The van der Waals surface area contributed by atoms with Crippen molar-refractivity contribution < 1.29 is 23.5 Å². The molecule has 0 fully saturated rings. The van der Waals surface area contributed by atoms with Gasteiger partial charge in [0.05, 0.1) is 11.8 Å². The van der Waals surface area contributed by atoms with Crippen LogP contribution in [0.3, 0.4) is 0 Å². The van der Waals surface area contributed by atoms with Gasteiger partial charge in [-0.2, -0.15) is 5.10 Å². The molecule has 4 rings (SSSR count). The van der Waals surface area contributed by atoms with Crippen molar-refractivity contribution in [3.05, 3.63) is 83.8 Å². The van der Waals surface area contributed by atoms with E-state index in [-0.39, 0.29) is 11.3 Å². The van der Waals surface area contributed by atoms with Crippen molar-refractivity contribution in [2.24, 2.45) is 5.10 Å². The number of rotatable bonds is 5. The second-order valence-electron chi connectivity index (χ2n) is 5.93. The number of carbonyl (C=O) groups is 2. The Kier molecular flexibility index (Phi) is 4.47. The van der Waals surface area contributed by atoms with E-state index >= 15 is 0 Å². The first-order valence-electron chi connectivity index (χ1n) is 8.36. The lowest BCUT2D eigenvalue weighted by Crippen LogP contribution is -2.16. The number of carboxylic acid groups (broad SMARTS) is 1. The number of furan rings is 2. The summed E-state index contributed by atoms with van der Waals surface area (Å²) in [5.74, 6) is -0.302. The molecule has 0 aliphatic rings. The zero-order valence-corrected chi connectivity index (χ0v) is 14.5. The zero-order valence-electron chi connectivity index (χ0n) is 14.5. The van der Waals surface area contributed by atoms with Gasteiger partial charge in [-0.25, -0.2) is 10.2 Å². The van der Waals surface area contributed by atoms with Crippen molar-refractivity contribution in [3.8, 4) is 11.3 Å². The highest BCUT2D eigenvalue weighted by molar-refractivity contribution is 5.96. The summed E-state index contributed by atoms with van der Waals surface area (Å²) < 4.78 is 11.1. The molecule has 0 radical (unpaired) electrons. The van der Waals surface area contributed by atoms with Crippen LogP contribution >= 0.6 is 0 Å². The summed E-state index contributed by atoms with van der Waals surface area (Å²) in [6, 6.07) is 18.7. The second-order valence-corrected chi connectivity index (χ2v) is 5.93. The van der Waals surface area contributed by atoms with E-state index in [0.29, 0.717) is 17.1 Å². The summed E-state index contributed by atoms with van der Waals surface area (Å²) >= 11 is 0. The van der Waals surface area contributed by atoms with Gasteiger partial charge in [0, 0.05) is 10.9 Å². The van der Waals surface area contributed by atoms with Crippen LogP contribution in [0.15, 0.2) is 80.7 Å². The van der Waals surface area contributed by atoms with Crippen molar-refractivity contribution in [3.63, 3.8) is 0 Å². The van der Waals surface area contributed by atoms with E-state index in [2.05, 4.69) is 10.5 Å². The normalized spacial score (nSPS) is 11.1. The highest BCUT2D eigenvalue weighted by atomic mass is 16.4. The third-order valence-corrected chi connectivity index (χ3v) is 4.05. The van der Waals surface area contributed by atoms with Crippen molar-refractivity contribution in [1.82, 2.24) is 5.43 Å². The number of nitrogens with zero attached hydrogens (tertiary/aromatic N) is 1. The molecule has 2 aromatic heterocycles. The number of amides is 1. The fraction of sp³-hybridized carbons (Fsp3) is 0. The summed E-state index contributed by atoms with van der Waals surface area (Å²) in [4.78, 5) is 23.0. The van der Waals surface area contributed by atoms with Gasteiger partial charge in [-0.15, -0.1) is 0 Å². The lowest BCUT2D eigenvalue weighted by atomic mass is 10.1. The molecule has 7 nitrogen and oxygen atoms in total. The largest absolute Gasteiger partial charge is 0.478 e. The van der Waals surface area contributed by atoms with Crippen molar-refractivity contribution in [2.45, 2.75) is 0 Å². The predicted octanol–water partition coefficient (Wildman–Crippen LogP) is 4.15. The fourth-order valence-electron chi connectivity index (χ4n) is 2.66. The molecule has 0 saturated carbocycles. The maximum atomic E-state index is 12.1. The average molecular weight is 374 g/mol. The topological polar surface area (TPSA) is 105 Å². The molecule has 4 aromatic rings. The molecule has 7 heteroatoms. The van der Waals surface area contributed by atoms with Crippen molar-refractivity contribution in [2.75, 3.05) is 0 Å². The first-order valence-corrected chi connectivity index (χ1v) is 8.36. The van der Waals surface area contributed by atoms with Gasteiger partial charge in [0.25, 0.3) is 0 Å². The number of fused-ring (bicyclic) bond motifs is 1. The second kappa shape index (κ2) is 7.24. The molecule has 2 N–H and O–H groups in total. The Hall–Kier alpha value is -4.13. The van der Waals surface area contributed by atoms with Crippen LogP contribution in [0.5, 0.6) is 0 Å². The summed E-state index contributed by atoms with van der Waals surface area (Å²) in [7, 11) is 0. The monoisotopic (exact) mass is 374 g/mol. The van der Waals surface area contributed by atoms with Gasteiger partial charge in [0.2, 0.25) is 0 Å². The molecule has 0 aliphatic heterocycles. The Bertz CT molecular complexity index is 1150. The summed E-state index contributed by atoms with van der Waals surface area (Å²) in [6.07, 6.45) is 1.37. The zero-order chi connectivity index (χ0) is 19.5. The first kappa shape index (κ1) is 17.3. The number of carbonyl (C=O) groups excluding carboxylic acids is 1. The first-order chi connectivity index (χ1) is 13.6. The van der Waals surface area contributed by atoms with E-state index in [0.717, 1.165) is 10.9 Å². The quantitative estimate of drug-likeness (QED) is 0.403. The Balaban J connectivity index is 1.42. The lowest BCUT2D eigenvalue weighted by molar-refractivity contribution is 0.0696. The van der Waals surface area contributed by atoms with Crippen LogP contribution in [0.25, 0.3) is 22.3 Å². The highest BCUT2D eigenvalue weighted by Crippen LogP contribution is 2.22. The Labute approximate surface area is 158 Å². The summed E-state index contributed by atoms with van der Waals surface area (Å²) in [6.45, 7) is 0. The molecular weight excluding hydrogens is 360 g/mol. The van der Waals surface area contributed by atoms with Gasteiger partial charge >= 0.3 is 11.9 Å². The van der Waals surface area contributed by atoms with E-state index in [1.165, 1.54) is 18.3 Å². The SMILES string of the molecule is O=C(O)c1ccc(-c2ccc(/C=N/NC(=O)c3cc4ccccc4o3)o2)cc1. The van der Waals surface area contributed by atoms with Gasteiger partial charge < -0.3 is 13.9 Å². The van der Waals surface area contributed by atoms with Crippen LogP contribution in [0.4, 0.5) is 0 Å². The number of carboxylic acids is 1. The predicted molar refractivity (Wildman–Crippen MR) is 102 cm³/mol. The molecule has 0 saturated heterocycles. The molecule has 0 unspecified atom stereocenters. The molecule has 28 heavy (non-hydrogen) atoms. The van der Waals surface area contributed by atoms with Gasteiger partial charge in [0.15, 0.2) is 5.76 Å². The minimum Gasteiger partial charge on any atom is -0.478 e. The number of nitrogens with one attached hydrogen (secondary N) is 1. The van der Waals surface area contributed by atoms with Crippen LogP contribution in [-0.4, -0.2) is 23.2 Å². The van der Waals surface area contributed by atoms with Crippen molar-refractivity contribution >= 4 is 29.1 Å². The standard InChI is InChI=1S/C21H14N2O5/c24-20(19-11-15-3-1-2-4-17(15)28-19)23-22-12-16-9-10-18(27-16)13-5-7-14(8-6-13)21(25)26/h1-12H,(H,23,24)(H,25,26)/b22-12+. The minimum absolute atomic E-state index is 0.164. The van der Waals surface area contributed by atoms with Gasteiger partial charge in [-0.05, 0) is 36.4 Å². The molecule has 0 aliphatic carbocycles. The number of benzene rings is 2. The number of hydrogen-bond donors (Lipinski definition) is 2. The molecular formula is C21H14N2O5. The van der Waals surface area contributed by atoms with Gasteiger partial charge in [0.1, 0.15) is 17.1 Å². The Morgan fingerprint density at radius 2 is 1.75 bits per heavy atom. The Morgan fingerprint density at radius 3 is 2.50 bits per heavy atom. The van der Waals surface area contributed by atoms with E-state index in [9.17, 15) is 9.59 Å². The smallest absolute Gasteiger partial charge is 0.335 e. The van der Waals surface area contributed by atoms with Crippen LogP contribution in [-0.2, 0) is 0 Å².